The van der Waals surface area contributed by atoms with E-state index < -0.39 is 44.1 Å². The summed E-state index contributed by atoms with van der Waals surface area (Å²) in [4.78, 5) is 14.2. The van der Waals surface area contributed by atoms with Crippen LogP contribution in [0.3, 0.4) is 0 Å². The number of hydrogen-bond acceptors (Lipinski definition) is 5. The van der Waals surface area contributed by atoms with Crippen LogP contribution in [-0.2, 0) is 24.8 Å². The van der Waals surface area contributed by atoms with Gasteiger partial charge < -0.3 is 0 Å². The van der Waals surface area contributed by atoms with Gasteiger partial charge in [-0.2, -0.15) is 8.61 Å². The van der Waals surface area contributed by atoms with Crippen LogP contribution in [0.4, 0.5) is 0 Å². The van der Waals surface area contributed by atoms with E-state index in [4.69, 9.17) is 0 Å². The van der Waals surface area contributed by atoms with E-state index in [1.54, 1.807) is 48.5 Å². The molecule has 0 N–H and O–H groups in total. The van der Waals surface area contributed by atoms with Gasteiger partial charge in [-0.25, -0.2) is 16.8 Å². The molecule has 0 spiro atoms. The minimum Gasteiger partial charge on any atom is -0.299 e. The number of nitrogens with zero attached hydrogens (tertiary/aromatic N) is 2. The summed E-state index contributed by atoms with van der Waals surface area (Å²) in [6, 6.07) is 29.8. The Kier molecular flexibility index (Phi) is 7.85. The van der Waals surface area contributed by atoms with Gasteiger partial charge in [-0.15, -0.1) is 0 Å². The fourth-order valence-corrected chi connectivity index (χ4v) is 9.92. The first-order valence-corrected chi connectivity index (χ1v) is 17.3. The average molecular weight is 615 g/mol. The van der Waals surface area contributed by atoms with E-state index in [0.29, 0.717) is 0 Å². The van der Waals surface area contributed by atoms with Crippen LogP contribution in [0.25, 0.3) is 0 Å². The van der Waals surface area contributed by atoms with Crippen LogP contribution < -0.4 is 0 Å². The van der Waals surface area contributed by atoms with Crippen molar-refractivity contribution in [3.05, 3.63) is 131 Å². The van der Waals surface area contributed by atoms with Crippen molar-refractivity contribution in [2.24, 2.45) is 5.92 Å². The van der Waals surface area contributed by atoms with Gasteiger partial charge in [0.2, 0.25) is 20.0 Å². The molecule has 0 aromatic heterocycles. The number of ketones is 1. The third-order valence-corrected chi connectivity index (χ3v) is 12.5. The Bertz CT molecular complexity index is 1830. The molecule has 4 atom stereocenters. The van der Waals surface area contributed by atoms with Gasteiger partial charge in [-0.3, -0.25) is 4.79 Å². The smallest absolute Gasteiger partial charge is 0.243 e. The molecular formula is C34H34N2O5S2. The summed E-state index contributed by atoms with van der Waals surface area (Å²) >= 11 is 0. The number of piperidine rings is 2. The molecule has 0 bridgehead atoms. The molecule has 0 unspecified atom stereocenters. The zero-order chi connectivity index (χ0) is 30.4. The zero-order valence-corrected chi connectivity index (χ0v) is 25.7. The largest absolute Gasteiger partial charge is 0.299 e. The molecule has 2 heterocycles. The predicted octanol–water partition coefficient (Wildman–Crippen LogP) is 5.83. The molecule has 4 aromatic carbocycles. The minimum atomic E-state index is -4.07. The highest BCUT2D eigenvalue weighted by Gasteiger charge is 2.54. The Balaban J connectivity index is 1.50. The van der Waals surface area contributed by atoms with Crippen molar-refractivity contribution < 1.29 is 21.6 Å². The lowest BCUT2D eigenvalue weighted by molar-refractivity contribution is -0.132. The zero-order valence-electron chi connectivity index (χ0n) is 24.1. The molecule has 2 aliphatic heterocycles. The van der Waals surface area contributed by atoms with Crippen molar-refractivity contribution in [3.63, 3.8) is 0 Å². The normalized spacial score (nSPS) is 23.5. The van der Waals surface area contributed by atoms with Crippen LogP contribution in [-0.4, -0.2) is 43.8 Å². The van der Waals surface area contributed by atoms with Crippen LogP contribution in [0.5, 0.6) is 0 Å². The van der Waals surface area contributed by atoms with Crippen molar-refractivity contribution in [2.75, 3.05) is 6.54 Å². The quantitative estimate of drug-likeness (QED) is 0.273. The van der Waals surface area contributed by atoms with Gasteiger partial charge in [0, 0.05) is 24.9 Å². The second-order valence-corrected chi connectivity index (χ2v) is 15.2. The summed E-state index contributed by atoms with van der Waals surface area (Å²) in [5.74, 6) is -0.954. The third-order valence-electron chi connectivity index (χ3n) is 8.69. The fourth-order valence-electron chi connectivity index (χ4n) is 6.42. The van der Waals surface area contributed by atoms with Gasteiger partial charge in [-0.05, 0) is 55.7 Å². The highest BCUT2D eigenvalue weighted by Crippen LogP contribution is 2.48. The first-order chi connectivity index (χ1) is 20.6. The Morgan fingerprint density at radius 1 is 0.605 bits per heavy atom. The summed E-state index contributed by atoms with van der Waals surface area (Å²) in [6.45, 7) is 3.68. The number of carbonyl (C=O) groups excluding carboxylic acids is 1. The molecule has 0 aliphatic carbocycles. The molecule has 4 aromatic rings. The Hall–Kier alpha value is -3.63. The molecule has 222 valence electrons. The number of benzene rings is 4. The maximum absolute atomic E-state index is 14.5. The van der Waals surface area contributed by atoms with Gasteiger partial charge in [0.05, 0.1) is 21.9 Å². The van der Waals surface area contributed by atoms with Crippen LogP contribution in [0.1, 0.15) is 47.2 Å². The molecule has 2 fully saturated rings. The van der Waals surface area contributed by atoms with Gasteiger partial charge in [0.15, 0.2) is 0 Å². The highest BCUT2D eigenvalue weighted by atomic mass is 32.2. The Morgan fingerprint density at radius 2 is 1.07 bits per heavy atom. The van der Waals surface area contributed by atoms with Crippen molar-refractivity contribution in [3.8, 4) is 0 Å². The lowest BCUT2D eigenvalue weighted by atomic mass is 9.77. The van der Waals surface area contributed by atoms with Gasteiger partial charge in [0.25, 0.3) is 0 Å². The van der Waals surface area contributed by atoms with Gasteiger partial charge >= 0.3 is 0 Å². The van der Waals surface area contributed by atoms with E-state index >= 15 is 0 Å². The Labute approximate surface area is 253 Å². The summed E-state index contributed by atoms with van der Waals surface area (Å²) in [6.07, 6.45) is 0.102. The predicted molar refractivity (Wildman–Crippen MR) is 165 cm³/mol. The van der Waals surface area contributed by atoms with Crippen molar-refractivity contribution >= 4 is 25.8 Å². The fraction of sp³-hybridized carbons (Fsp3) is 0.265. The number of aryl methyl sites for hydroxylation is 2. The standard InChI is InChI=1S/C34H34N2O5S2/c1-24-13-17-28(18-14-24)42(38,39)35-23-30-33(21-31(35)26-9-5-3-6-10-26)36(43(40,41)29-19-15-25(2)16-20-29)32(22-34(30)37)27-11-7-4-8-12-27/h3-20,30-33H,21-23H2,1-2H3/t30-,31+,32+,33-/m1/s1. The lowest BCUT2D eigenvalue weighted by Gasteiger charge is -2.51. The number of hydrogen-bond donors (Lipinski definition) is 0. The van der Waals surface area contributed by atoms with Crippen molar-refractivity contribution in [1.82, 2.24) is 8.61 Å². The molecule has 0 radical (unpaired) electrons. The van der Waals surface area contributed by atoms with E-state index in [2.05, 4.69) is 0 Å². The molecule has 0 amide bonds. The van der Waals surface area contributed by atoms with Crippen molar-refractivity contribution in [2.45, 2.75) is 54.6 Å². The molecule has 43 heavy (non-hydrogen) atoms. The van der Waals surface area contributed by atoms with E-state index in [1.165, 1.54) is 8.61 Å². The topological polar surface area (TPSA) is 91.8 Å². The molecular weight excluding hydrogens is 581 g/mol. The molecule has 9 heteroatoms. The molecule has 6 rings (SSSR count). The van der Waals surface area contributed by atoms with Crippen LogP contribution in [0, 0.1) is 19.8 Å². The summed E-state index contributed by atoms with van der Waals surface area (Å²) in [7, 11) is -8.08. The van der Waals surface area contributed by atoms with Crippen LogP contribution in [0.2, 0.25) is 0 Å². The van der Waals surface area contributed by atoms with Crippen molar-refractivity contribution in [1.29, 1.82) is 0 Å². The van der Waals surface area contributed by atoms with Gasteiger partial charge in [-0.1, -0.05) is 96.1 Å². The molecule has 2 saturated heterocycles. The maximum atomic E-state index is 14.5. The summed E-state index contributed by atoms with van der Waals surface area (Å²) in [5, 5.41) is 0. The van der Waals surface area contributed by atoms with Crippen LogP contribution >= 0.6 is 0 Å². The van der Waals surface area contributed by atoms with E-state index in [1.807, 2.05) is 74.5 Å². The summed E-state index contributed by atoms with van der Waals surface area (Å²) in [5.41, 5.74) is 3.35. The van der Waals surface area contributed by atoms with Crippen LogP contribution in [0.15, 0.2) is 119 Å². The van der Waals surface area contributed by atoms with E-state index in [9.17, 15) is 21.6 Å². The number of Topliss-reactive ketones (excluding diaryl/α,β-unsaturated/α-hetero) is 1. The van der Waals surface area contributed by atoms with E-state index in [0.717, 1.165) is 22.3 Å². The SMILES string of the molecule is Cc1ccc(S(=O)(=O)N2C[C@H]3C(=O)C[C@@H](c4ccccc4)N(S(=O)(=O)c4ccc(C)cc4)[C@@H]3C[C@H]2c2ccccc2)cc1. The second-order valence-electron chi connectivity index (χ2n) is 11.5. The Morgan fingerprint density at radius 3 is 1.58 bits per heavy atom. The number of fused-ring (bicyclic) bond motifs is 1. The lowest BCUT2D eigenvalue weighted by Crippen LogP contribution is -2.60. The molecule has 2 aliphatic rings. The molecule has 0 saturated carbocycles. The van der Waals surface area contributed by atoms with Gasteiger partial charge in [0.1, 0.15) is 5.78 Å². The molecule has 7 nitrogen and oxygen atoms in total. The average Bonchev–Trinajstić information content (AvgIpc) is 3.01. The number of rotatable bonds is 6. The first kappa shape index (κ1) is 29.4. The third kappa shape index (κ3) is 5.47. The van der Waals surface area contributed by atoms with E-state index in [-0.39, 0.29) is 35.0 Å². The first-order valence-electron chi connectivity index (χ1n) is 14.4. The highest BCUT2D eigenvalue weighted by molar-refractivity contribution is 7.89. The monoisotopic (exact) mass is 614 g/mol. The summed E-state index contributed by atoms with van der Waals surface area (Å²) < 4.78 is 60.2. The maximum Gasteiger partial charge on any atom is 0.243 e. The number of sulfonamides is 2. The second kappa shape index (κ2) is 11.5. The minimum absolute atomic E-state index is 0.0370. The number of carbonyl (C=O) groups is 1.